The molecule has 1 N–H and O–H groups in total. The molecular formula is C16H23NO5. The molecule has 122 valence electrons. The van der Waals surface area contributed by atoms with Gasteiger partial charge >= 0.3 is 5.97 Å². The van der Waals surface area contributed by atoms with Crippen LogP contribution in [0.3, 0.4) is 0 Å². The van der Waals surface area contributed by atoms with E-state index >= 15 is 0 Å². The van der Waals surface area contributed by atoms with Gasteiger partial charge in [0.15, 0.2) is 18.1 Å². The largest absolute Gasteiger partial charge is 0.493 e. The van der Waals surface area contributed by atoms with Crippen LogP contribution in [0.4, 0.5) is 0 Å². The van der Waals surface area contributed by atoms with Crippen LogP contribution in [0, 0.1) is 0 Å². The molecule has 0 unspecified atom stereocenters. The van der Waals surface area contributed by atoms with Gasteiger partial charge in [0, 0.05) is 6.04 Å². The molecule has 0 bridgehead atoms. The Bertz CT molecular complexity index is 511. The van der Waals surface area contributed by atoms with Crippen molar-refractivity contribution in [2.24, 2.45) is 0 Å². The number of hydrogen-bond acceptors (Lipinski definition) is 5. The van der Waals surface area contributed by atoms with E-state index in [0.717, 1.165) is 12.8 Å². The molecule has 0 heterocycles. The molecule has 6 heteroatoms. The molecule has 0 aliphatic heterocycles. The van der Waals surface area contributed by atoms with Crippen LogP contribution in [0.1, 0.15) is 37.0 Å². The molecule has 1 amide bonds. The predicted octanol–water partition coefficient (Wildman–Crippen LogP) is 2.17. The smallest absolute Gasteiger partial charge is 0.338 e. The molecule has 0 aliphatic carbocycles. The number of rotatable bonds is 8. The number of methoxy groups -OCH3 is 2. The van der Waals surface area contributed by atoms with Crippen LogP contribution < -0.4 is 14.8 Å². The fraction of sp³-hybridized carbons (Fsp3) is 0.500. The number of carbonyl (C=O) groups excluding carboxylic acids is 2. The maximum absolute atomic E-state index is 11.9. The van der Waals surface area contributed by atoms with Crippen LogP contribution in [-0.4, -0.2) is 38.7 Å². The van der Waals surface area contributed by atoms with Crippen molar-refractivity contribution in [3.63, 3.8) is 0 Å². The summed E-state index contributed by atoms with van der Waals surface area (Å²) in [7, 11) is 2.99. The first kappa shape index (κ1) is 17.8. The quantitative estimate of drug-likeness (QED) is 0.745. The molecule has 0 aliphatic rings. The summed E-state index contributed by atoms with van der Waals surface area (Å²) in [5.74, 6) is 0.0622. The summed E-state index contributed by atoms with van der Waals surface area (Å²) in [5, 5.41) is 2.80. The van der Waals surface area contributed by atoms with E-state index in [2.05, 4.69) is 5.32 Å². The van der Waals surface area contributed by atoms with Gasteiger partial charge in [-0.2, -0.15) is 0 Å². The second kappa shape index (κ2) is 8.92. The molecule has 0 radical (unpaired) electrons. The lowest BCUT2D eigenvalue weighted by molar-refractivity contribution is -0.125. The molecule has 1 aromatic rings. The van der Waals surface area contributed by atoms with Gasteiger partial charge in [-0.1, -0.05) is 13.8 Å². The van der Waals surface area contributed by atoms with Gasteiger partial charge < -0.3 is 19.5 Å². The molecule has 22 heavy (non-hydrogen) atoms. The fourth-order valence-corrected chi connectivity index (χ4v) is 1.94. The first-order valence-corrected chi connectivity index (χ1v) is 7.24. The van der Waals surface area contributed by atoms with Crippen molar-refractivity contribution in [3.8, 4) is 11.5 Å². The third-order valence-electron chi connectivity index (χ3n) is 3.30. The SMILES string of the molecule is CCC(CC)NC(=O)COC(=O)c1ccc(OC)c(OC)c1. The lowest BCUT2D eigenvalue weighted by atomic mass is 10.2. The maximum Gasteiger partial charge on any atom is 0.338 e. The van der Waals surface area contributed by atoms with Crippen LogP contribution in [0.15, 0.2) is 18.2 Å². The standard InChI is InChI=1S/C16H23NO5/c1-5-12(6-2)17-15(18)10-22-16(19)11-7-8-13(20-3)14(9-11)21-4/h7-9,12H,5-6,10H2,1-4H3,(H,17,18). The number of amides is 1. The average molecular weight is 309 g/mol. The fourth-order valence-electron chi connectivity index (χ4n) is 1.94. The molecule has 0 saturated heterocycles. The molecular weight excluding hydrogens is 286 g/mol. The van der Waals surface area contributed by atoms with Crippen molar-refractivity contribution in [1.82, 2.24) is 5.32 Å². The van der Waals surface area contributed by atoms with Crippen molar-refractivity contribution >= 4 is 11.9 Å². The van der Waals surface area contributed by atoms with E-state index in [0.29, 0.717) is 17.1 Å². The lowest BCUT2D eigenvalue weighted by Crippen LogP contribution is -2.36. The van der Waals surface area contributed by atoms with E-state index in [9.17, 15) is 9.59 Å². The Labute approximate surface area is 130 Å². The number of esters is 1. The van der Waals surface area contributed by atoms with Crippen LogP contribution in [0.2, 0.25) is 0 Å². The first-order valence-electron chi connectivity index (χ1n) is 7.24. The summed E-state index contributed by atoms with van der Waals surface area (Å²) in [5.41, 5.74) is 0.299. The molecule has 0 spiro atoms. The molecule has 0 aromatic heterocycles. The minimum Gasteiger partial charge on any atom is -0.493 e. The topological polar surface area (TPSA) is 73.9 Å². The van der Waals surface area contributed by atoms with Crippen LogP contribution in [0.25, 0.3) is 0 Å². The zero-order valence-electron chi connectivity index (χ0n) is 13.5. The highest BCUT2D eigenvalue weighted by atomic mass is 16.5. The summed E-state index contributed by atoms with van der Waals surface area (Å²) < 4.78 is 15.2. The zero-order valence-corrected chi connectivity index (χ0v) is 13.5. The summed E-state index contributed by atoms with van der Waals surface area (Å²) in [6.07, 6.45) is 1.68. The van der Waals surface area contributed by atoms with Crippen molar-refractivity contribution in [2.75, 3.05) is 20.8 Å². The van der Waals surface area contributed by atoms with E-state index in [1.165, 1.54) is 20.3 Å². The highest BCUT2D eigenvalue weighted by molar-refractivity contribution is 5.92. The van der Waals surface area contributed by atoms with Crippen molar-refractivity contribution in [2.45, 2.75) is 32.7 Å². The van der Waals surface area contributed by atoms with Gasteiger partial charge in [-0.25, -0.2) is 4.79 Å². The second-order valence-electron chi connectivity index (χ2n) is 4.73. The van der Waals surface area contributed by atoms with Gasteiger partial charge in [0.05, 0.1) is 19.8 Å². The minimum absolute atomic E-state index is 0.104. The number of ether oxygens (including phenoxy) is 3. The van der Waals surface area contributed by atoms with Crippen LogP contribution >= 0.6 is 0 Å². The summed E-state index contributed by atoms with van der Waals surface area (Å²) in [6.45, 7) is 3.68. The van der Waals surface area contributed by atoms with Gasteiger partial charge in [0.1, 0.15) is 0 Å². The van der Waals surface area contributed by atoms with Gasteiger partial charge in [0.25, 0.3) is 5.91 Å². The average Bonchev–Trinajstić information content (AvgIpc) is 2.56. The van der Waals surface area contributed by atoms with Gasteiger partial charge in [0.2, 0.25) is 0 Å². The number of nitrogens with one attached hydrogen (secondary N) is 1. The molecule has 1 rings (SSSR count). The number of carbonyl (C=O) groups is 2. The monoisotopic (exact) mass is 309 g/mol. The maximum atomic E-state index is 11.9. The van der Waals surface area contributed by atoms with Gasteiger partial charge in [-0.15, -0.1) is 0 Å². The Morgan fingerprint density at radius 1 is 1.09 bits per heavy atom. The normalized spacial score (nSPS) is 10.2. The Balaban J connectivity index is 2.60. The molecule has 1 aromatic carbocycles. The Morgan fingerprint density at radius 3 is 2.27 bits per heavy atom. The lowest BCUT2D eigenvalue weighted by Gasteiger charge is -2.14. The molecule has 0 saturated carbocycles. The zero-order chi connectivity index (χ0) is 16.5. The van der Waals surface area contributed by atoms with E-state index in [-0.39, 0.29) is 18.6 Å². The number of hydrogen-bond donors (Lipinski definition) is 1. The third-order valence-corrected chi connectivity index (χ3v) is 3.30. The number of benzene rings is 1. The van der Waals surface area contributed by atoms with Gasteiger partial charge in [-0.3, -0.25) is 4.79 Å². The Hall–Kier alpha value is -2.24. The highest BCUT2D eigenvalue weighted by Gasteiger charge is 2.14. The van der Waals surface area contributed by atoms with E-state index in [4.69, 9.17) is 14.2 Å². The molecule has 0 fully saturated rings. The first-order chi connectivity index (χ1) is 10.5. The molecule has 6 nitrogen and oxygen atoms in total. The summed E-state index contributed by atoms with van der Waals surface area (Å²) in [4.78, 5) is 23.6. The Kier molecular flexibility index (Phi) is 7.22. The van der Waals surface area contributed by atoms with Crippen molar-refractivity contribution in [3.05, 3.63) is 23.8 Å². The second-order valence-corrected chi connectivity index (χ2v) is 4.73. The van der Waals surface area contributed by atoms with E-state index in [1.807, 2.05) is 13.8 Å². The van der Waals surface area contributed by atoms with E-state index in [1.54, 1.807) is 12.1 Å². The molecule has 0 atom stereocenters. The van der Waals surface area contributed by atoms with Crippen molar-refractivity contribution < 1.29 is 23.8 Å². The van der Waals surface area contributed by atoms with Crippen LogP contribution in [0.5, 0.6) is 11.5 Å². The predicted molar refractivity (Wildman–Crippen MR) is 82.3 cm³/mol. The highest BCUT2D eigenvalue weighted by Crippen LogP contribution is 2.27. The van der Waals surface area contributed by atoms with Crippen molar-refractivity contribution in [1.29, 1.82) is 0 Å². The summed E-state index contributed by atoms with van der Waals surface area (Å²) >= 11 is 0. The summed E-state index contributed by atoms with van der Waals surface area (Å²) in [6, 6.07) is 4.79. The van der Waals surface area contributed by atoms with Crippen LogP contribution in [-0.2, 0) is 9.53 Å². The van der Waals surface area contributed by atoms with E-state index < -0.39 is 5.97 Å². The third kappa shape index (κ3) is 4.95. The minimum atomic E-state index is -0.583. The van der Waals surface area contributed by atoms with Gasteiger partial charge in [-0.05, 0) is 31.0 Å². The Morgan fingerprint density at radius 2 is 1.73 bits per heavy atom.